The molecule has 0 N–H and O–H groups in total. The van der Waals surface area contributed by atoms with Crippen molar-refractivity contribution in [3.8, 4) is 34.3 Å². The molecule has 2 aromatic carbocycles. The van der Waals surface area contributed by atoms with E-state index in [0.29, 0.717) is 49.1 Å². The van der Waals surface area contributed by atoms with Crippen LogP contribution in [0, 0.1) is 11.3 Å². The number of ether oxygens (including phenoxy) is 4. The van der Waals surface area contributed by atoms with E-state index >= 15 is 0 Å². The third kappa shape index (κ3) is 6.70. The summed E-state index contributed by atoms with van der Waals surface area (Å²) < 4.78 is 24.7. The lowest BCUT2D eigenvalue weighted by Gasteiger charge is -2.23. The number of carbonyl (C=O) groups excluding carboxylic acids is 1. The van der Waals surface area contributed by atoms with Gasteiger partial charge in [0.2, 0.25) is 0 Å². The van der Waals surface area contributed by atoms with E-state index in [9.17, 15) is 10.1 Å². The van der Waals surface area contributed by atoms with Crippen LogP contribution in [-0.4, -0.2) is 61.6 Å². The molecule has 42 heavy (non-hydrogen) atoms. The van der Waals surface area contributed by atoms with Gasteiger partial charge >= 0.3 is 5.97 Å². The van der Waals surface area contributed by atoms with Gasteiger partial charge in [0.25, 0.3) is 0 Å². The Kier molecular flexibility index (Phi) is 9.02. The van der Waals surface area contributed by atoms with Crippen molar-refractivity contribution in [1.29, 1.82) is 5.26 Å². The lowest BCUT2D eigenvalue weighted by molar-refractivity contribution is 0.0254. The van der Waals surface area contributed by atoms with Crippen LogP contribution in [0.2, 0.25) is 25.7 Å². The molecule has 0 saturated carbocycles. The fourth-order valence-corrected chi connectivity index (χ4v) is 5.69. The molecule has 1 saturated heterocycles. The lowest BCUT2D eigenvalue weighted by Crippen LogP contribution is -2.26. The largest absolute Gasteiger partial charge is 0.489 e. The number of methoxy groups -OCH3 is 1. The van der Waals surface area contributed by atoms with Crippen LogP contribution in [0.25, 0.3) is 33.5 Å². The number of nitrogens with zero attached hydrogens (tertiary/aromatic N) is 4. The molecule has 0 bridgehead atoms. The van der Waals surface area contributed by atoms with Gasteiger partial charge < -0.3 is 23.5 Å². The van der Waals surface area contributed by atoms with E-state index in [-0.39, 0.29) is 12.1 Å². The molecule has 0 atom stereocenters. The highest BCUT2D eigenvalue weighted by Crippen LogP contribution is 2.35. The zero-order chi connectivity index (χ0) is 29.7. The first kappa shape index (κ1) is 29.4. The van der Waals surface area contributed by atoms with Gasteiger partial charge in [-0.15, -0.1) is 0 Å². The molecule has 1 aliphatic heterocycles. The van der Waals surface area contributed by atoms with Crippen molar-refractivity contribution >= 4 is 25.1 Å². The molecule has 9 nitrogen and oxygen atoms in total. The van der Waals surface area contributed by atoms with Gasteiger partial charge in [-0.2, -0.15) is 5.26 Å². The molecule has 0 radical (unpaired) electrons. The lowest BCUT2D eigenvalue weighted by atomic mass is 10.0. The average molecular weight is 585 g/mol. The predicted molar refractivity (Wildman–Crippen MR) is 163 cm³/mol. The van der Waals surface area contributed by atoms with Gasteiger partial charge in [-0.05, 0) is 48.0 Å². The summed E-state index contributed by atoms with van der Waals surface area (Å²) >= 11 is 0. The summed E-state index contributed by atoms with van der Waals surface area (Å²) in [7, 11) is 0.109. The molecule has 1 fully saturated rings. The second-order valence-electron chi connectivity index (χ2n) is 11.6. The van der Waals surface area contributed by atoms with Gasteiger partial charge in [0, 0.05) is 38.5 Å². The van der Waals surface area contributed by atoms with Gasteiger partial charge in [-0.1, -0.05) is 31.8 Å². The van der Waals surface area contributed by atoms with E-state index < -0.39 is 8.07 Å². The van der Waals surface area contributed by atoms with Crippen molar-refractivity contribution in [3.63, 3.8) is 0 Å². The monoisotopic (exact) mass is 584 g/mol. The van der Waals surface area contributed by atoms with E-state index in [1.54, 1.807) is 18.5 Å². The Morgan fingerprint density at radius 3 is 2.50 bits per heavy atom. The van der Waals surface area contributed by atoms with Crippen LogP contribution < -0.4 is 4.74 Å². The number of fused-ring (bicyclic) bond motifs is 1. The van der Waals surface area contributed by atoms with E-state index in [1.807, 2.05) is 41.0 Å². The van der Waals surface area contributed by atoms with Crippen LogP contribution in [0.5, 0.6) is 5.75 Å². The molecule has 0 aliphatic carbocycles. The number of carbonyl (C=O) groups is 1. The molecular formula is C32H36N4O5Si. The number of aromatic nitrogens is 3. The van der Waals surface area contributed by atoms with Crippen molar-refractivity contribution in [3.05, 3.63) is 66.0 Å². The number of rotatable bonds is 10. The second kappa shape index (κ2) is 12.9. The first-order chi connectivity index (χ1) is 20.3. The minimum absolute atomic E-state index is 0.0329. The first-order valence-corrected chi connectivity index (χ1v) is 17.9. The molecule has 3 heterocycles. The maximum absolute atomic E-state index is 12.0. The van der Waals surface area contributed by atoms with Gasteiger partial charge in [0.05, 0.1) is 42.8 Å². The molecular weight excluding hydrogens is 548 g/mol. The van der Waals surface area contributed by atoms with Crippen molar-refractivity contribution < 1.29 is 23.7 Å². The molecule has 10 heteroatoms. The fraction of sp³-hybridized carbons (Fsp3) is 0.375. The SMILES string of the molecule is COC(=O)c1ccc(-c2cc3c(-c4ccc(OC5CCOCC5)c(C#N)c4)ncnc3n2COCC[Si](C)(C)C)cc1. The average Bonchev–Trinajstić information content (AvgIpc) is 3.38. The number of hydrogen-bond acceptors (Lipinski definition) is 8. The molecule has 1 aliphatic rings. The highest BCUT2D eigenvalue weighted by Gasteiger charge is 2.21. The van der Waals surface area contributed by atoms with Crippen LogP contribution in [-0.2, 0) is 20.9 Å². The second-order valence-corrected chi connectivity index (χ2v) is 17.2. The van der Waals surface area contributed by atoms with E-state index in [4.69, 9.17) is 18.9 Å². The van der Waals surface area contributed by atoms with E-state index in [1.165, 1.54) is 7.11 Å². The molecule has 0 spiro atoms. The molecule has 218 valence electrons. The van der Waals surface area contributed by atoms with Crippen molar-refractivity contribution in [2.24, 2.45) is 0 Å². The highest BCUT2D eigenvalue weighted by atomic mass is 28.3. The summed E-state index contributed by atoms with van der Waals surface area (Å²) in [6.07, 6.45) is 3.18. The predicted octanol–water partition coefficient (Wildman–Crippen LogP) is 6.29. The number of benzene rings is 2. The highest BCUT2D eigenvalue weighted by molar-refractivity contribution is 6.76. The number of nitriles is 1. The third-order valence-electron chi connectivity index (χ3n) is 7.34. The Hall–Kier alpha value is -4.04. The van der Waals surface area contributed by atoms with Gasteiger partial charge in [-0.3, -0.25) is 0 Å². The topological polar surface area (TPSA) is 108 Å². The Morgan fingerprint density at radius 1 is 1.07 bits per heavy atom. The number of hydrogen-bond donors (Lipinski definition) is 0. The van der Waals surface area contributed by atoms with Crippen LogP contribution in [0.15, 0.2) is 54.9 Å². The van der Waals surface area contributed by atoms with Crippen LogP contribution in [0.4, 0.5) is 0 Å². The quantitative estimate of drug-likeness (QED) is 0.122. The van der Waals surface area contributed by atoms with Crippen molar-refractivity contribution in [2.45, 2.75) is 51.4 Å². The minimum atomic E-state index is -1.26. The molecule has 5 rings (SSSR count). The third-order valence-corrected chi connectivity index (χ3v) is 9.05. The van der Waals surface area contributed by atoms with Gasteiger partial charge in [0.15, 0.2) is 0 Å². The minimum Gasteiger partial charge on any atom is -0.489 e. The maximum atomic E-state index is 12.0. The molecule has 4 aromatic rings. The molecule has 2 aromatic heterocycles. The smallest absolute Gasteiger partial charge is 0.337 e. The Bertz CT molecular complexity index is 1600. The summed E-state index contributed by atoms with van der Waals surface area (Å²) in [5, 5.41) is 10.8. The van der Waals surface area contributed by atoms with Crippen molar-refractivity contribution in [2.75, 3.05) is 26.9 Å². The summed E-state index contributed by atoms with van der Waals surface area (Å²) in [6, 6.07) is 18.3. The van der Waals surface area contributed by atoms with Crippen LogP contribution >= 0.6 is 0 Å². The van der Waals surface area contributed by atoms with Crippen LogP contribution in [0.3, 0.4) is 0 Å². The molecule has 0 unspecified atom stereocenters. The van der Waals surface area contributed by atoms with Crippen molar-refractivity contribution in [1.82, 2.24) is 14.5 Å². The summed E-state index contributed by atoms with van der Waals surface area (Å²) in [5.74, 6) is 0.181. The van der Waals surface area contributed by atoms with Gasteiger partial charge in [-0.25, -0.2) is 14.8 Å². The van der Waals surface area contributed by atoms with E-state index in [0.717, 1.165) is 46.7 Å². The zero-order valence-corrected chi connectivity index (χ0v) is 25.6. The fourth-order valence-electron chi connectivity index (χ4n) is 4.93. The standard InChI is InChI=1S/C32H36N4O5Si/c1-38-32(37)23-7-5-22(6-8-23)28-18-27-30(34-20-35-31(27)36(28)21-40-15-16-42(2,3)4)24-9-10-29(25(17-24)19-33)41-26-11-13-39-14-12-26/h5-10,17-18,20,26H,11-16,21H2,1-4H3. The summed E-state index contributed by atoms with van der Waals surface area (Å²) in [4.78, 5) is 21.3. The number of esters is 1. The van der Waals surface area contributed by atoms with Gasteiger partial charge in [0.1, 0.15) is 36.6 Å². The normalized spacial score (nSPS) is 14.1. The van der Waals surface area contributed by atoms with E-state index in [2.05, 4.69) is 35.7 Å². The Balaban J connectivity index is 1.53. The summed E-state index contributed by atoms with van der Waals surface area (Å²) in [6.45, 7) is 9.28. The first-order valence-electron chi connectivity index (χ1n) is 14.2. The van der Waals surface area contributed by atoms with Crippen LogP contribution in [0.1, 0.15) is 28.8 Å². The Labute approximate surface area is 247 Å². The maximum Gasteiger partial charge on any atom is 0.337 e. The Morgan fingerprint density at radius 2 is 1.81 bits per heavy atom. The zero-order valence-electron chi connectivity index (χ0n) is 24.6. The summed E-state index contributed by atoms with van der Waals surface area (Å²) in [5.41, 5.74) is 4.95. The molecule has 0 amide bonds.